The average molecular weight is 309 g/mol. The third-order valence-electron chi connectivity index (χ3n) is 3.38. The minimum absolute atomic E-state index is 0.447. The van der Waals surface area contributed by atoms with Crippen molar-refractivity contribution in [2.24, 2.45) is 0 Å². The predicted molar refractivity (Wildman–Crippen MR) is 89.4 cm³/mol. The van der Waals surface area contributed by atoms with E-state index in [0.29, 0.717) is 24.9 Å². The number of aromatic nitrogens is 2. The van der Waals surface area contributed by atoms with Gasteiger partial charge in [-0.25, -0.2) is 0 Å². The molecule has 0 fully saturated rings. The van der Waals surface area contributed by atoms with Crippen molar-refractivity contribution >= 4 is 5.69 Å². The SMILES string of the molecule is CCOc1ccccc1NCc1nnc(-c2ccc(C)cc2)o1. The van der Waals surface area contributed by atoms with Crippen LogP contribution in [0.5, 0.6) is 5.75 Å². The van der Waals surface area contributed by atoms with Crippen LogP contribution >= 0.6 is 0 Å². The molecule has 0 aliphatic rings. The van der Waals surface area contributed by atoms with E-state index in [4.69, 9.17) is 9.15 Å². The summed E-state index contributed by atoms with van der Waals surface area (Å²) < 4.78 is 11.3. The molecule has 0 atom stereocenters. The Kier molecular flexibility index (Phi) is 4.57. The second-order valence-electron chi connectivity index (χ2n) is 5.15. The van der Waals surface area contributed by atoms with Crippen LogP contribution in [0.15, 0.2) is 52.9 Å². The molecule has 0 saturated carbocycles. The van der Waals surface area contributed by atoms with Crippen LogP contribution in [0.1, 0.15) is 18.4 Å². The van der Waals surface area contributed by atoms with E-state index in [1.54, 1.807) is 0 Å². The van der Waals surface area contributed by atoms with Crippen LogP contribution in [-0.4, -0.2) is 16.8 Å². The first-order valence-corrected chi connectivity index (χ1v) is 7.61. The summed E-state index contributed by atoms with van der Waals surface area (Å²) in [5.41, 5.74) is 3.02. The fourth-order valence-corrected chi connectivity index (χ4v) is 2.20. The standard InChI is InChI=1S/C18H19N3O2/c1-3-22-16-7-5-4-6-15(16)19-12-17-20-21-18(23-17)14-10-8-13(2)9-11-14/h4-11,19H,3,12H2,1-2H3. The van der Waals surface area contributed by atoms with Crippen molar-refractivity contribution in [1.29, 1.82) is 0 Å². The van der Waals surface area contributed by atoms with E-state index < -0.39 is 0 Å². The number of nitrogens with zero attached hydrogens (tertiary/aromatic N) is 2. The molecule has 0 bridgehead atoms. The third kappa shape index (κ3) is 3.69. The van der Waals surface area contributed by atoms with Gasteiger partial charge in [0.2, 0.25) is 11.8 Å². The van der Waals surface area contributed by atoms with Crippen LogP contribution in [0.4, 0.5) is 5.69 Å². The number of rotatable bonds is 6. The van der Waals surface area contributed by atoms with E-state index in [1.807, 2.05) is 62.4 Å². The molecule has 0 aliphatic heterocycles. The van der Waals surface area contributed by atoms with Gasteiger partial charge in [0.15, 0.2) is 0 Å². The van der Waals surface area contributed by atoms with E-state index in [1.165, 1.54) is 5.56 Å². The lowest BCUT2D eigenvalue weighted by Crippen LogP contribution is -2.02. The summed E-state index contributed by atoms with van der Waals surface area (Å²) in [6, 6.07) is 15.8. The molecule has 118 valence electrons. The lowest BCUT2D eigenvalue weighted by atomic mass is 10.1. The van der Waals surface area contributed by atoms with Gasteiger partial charge in [0.25, 0.3) is 0 Å². The van der Waals surface area contributed by atoms with Gasteiger partial charge >= 0.3 is 0 Å². The molecular formula is C18H19N3O2. The number of para-hydroxylation sites is 2. The van der Waals surface area contributed by atoms with Crippen molar-refractivity contribution in [3.63, 3.8) is 0 Å². The smallest absolute Gasteiger partial charge is 0.247 e. The highest BCUT2D eigenvalue weighted by Crippen LogP contribution is 2.24. The number of hydrogen-bond donors (Lipinski definition) is 1. The predicted octanol–water partition coefficient (Wildman–Crippen LogP) is 4.06. The van der Waals surface area contributed by atoms with E-state index >= 15 is 0 Å². The molecule has 5 heteroatoms. The topological polar surface area (TPSA) is 60.2 Å². The zero-order chi connectivity index (χ0) is 16.1. The fraction of sp³-hybridized carbons (Fsp3) is 0.222. The van der Waals surface area contributed by atoms with Gasteiger partial charge in [-0.15, -0.1) is 10.2 Å². The highest BCUT2D eigenvalue weighted by molar-refractivity contribution is 5.56. The highest BCUT2D eigenvalue weighted by atomic mass is 16.5. The van der Waals surface area contributed by atoms with Crippen LogP contribution in [0.3, 0.4) is 0 Å². The summed E-state index contributed by atoms with van der Waals surface area (Å²) in [5.74, 6) is 1.88. The summed E-state index contributed by atoms with van der Waals surface area (Å²) in [6.45, 7) is 5.07. The zero-order valence-electron chi connectivity index (χ0n) is 13.2. The molecular weight excluding hydrogens is 290 g/mol. The van der Waals surface area contributed by atoms with Gasteiger partial charge < -0.3 is 14.5 Å². The Morgan fingerprint density at radius 1 is 1.04 bits per heavy atom. The Morgan fingerprint density at radius 2 is 1.83 bits per heavy atom. The molecule has 1 N–H and O–H groups in total. The van der Waals surface area contributed by atoms with Gasteiger partial charge in [0.1, 0.15) is 5.75 Å². The molecule has 0 spiro atoms. The van der Waals surface area contributed by atoms with Crippen molar-refractivity contribution in [2.45, 2.75) is 20.4 Å². The van der Waals surface area contributed by atoms with Crippen molar-refractivity contribution in [2.75, 3.05) is 11.9 Å². The highest BCUT2D eigenvalue weighted by Gasteiger charge is 2.09. The molecule has 1 heterocycles. The van der Waals surface area contributed by atoms with Gasteiger partial charge in [-0.3, -0.25) is 0 Å². The normalized spacial score (nSPS) is 10.5. The zero-order valence-corrected chi connectivity index (χ0v) is 13.2. The Bertz CT molecular complexity index is 766. The van der Waals surface area contributed by atoms with Gasteiger partial charge in [-0.1, -0.05) is 29.8 Å². The minimum atomic E-state index is 0.447. The number of ether oxygens (including phenoxy) is 1. The van der Waals surface area contributed by atoms with Gasteiger partial charge in [0, 0.05) is 5.56 Å². The summed E-state index contributed by atoms with van der Waals surface area (Å²) in [5, 5.41) is 11.5. The monoisotopic (exact) mass is 309 g/mol. The number of nitrogens with one attached hydrogen (secondary N) is 1. The van der Waals surface area contributed by atoms with Crippen LogP contribution in [0.25, 0.3) is 11.5 Å². The molecule has 0 amide bonds. The first kappa shape index (κ1) is 15.1. The minimum Gasteiger partial charge on any atom is -0.492 e. The van der Waals surface area contributed by atoms with Crippen molar-refractivity contribution in [1.82, 2.24) is 10.2 Å². The molecule has 0 aliphatic carbocycles. The van der Waals surface area contributed by atoms with Gasteiger partial charge in [0.05, 0.1) is 18.8 Å². The molecule has 2 aromatic carbocycles. The van der Waals surface area contributed by atoms with Crippen LogP contribution in [-0.2, 0) is 6.54 Å². The van der Waals surface area contributed by atoms with E-state index in [0.717, 1.165) is 17.0 Å². The second kappa shape index (κ2) is 6.96. The van der Waals surface area contributed by atoms with Gasteiger partial charge in [-0.05, 0) is 38.1 Å². The Labute approximate surface area is 135 Å². The van der Waals surface area contributed by atoms with Crippen LogP contribution < -0.4 is 10.1 Å². The summed E-state index contributed by atoms with van der Waals surface area (Å²) in [6.07, 6.45) is 0. The molecule has 1 aromatic heterocycles. The first-order chi connectivity index (χ1) is 11.3. The molecule has 23 heavy (non-hydrogen) atoms. The number of hydrogen-bond acceptors (Lipinski definition) is 5. The Balaban J connectivity index is 1.69. The third-order valence-corrected chi connectivity index (χ3v) is 3.38. The molecule has 0 saturated heterocycles. The number of benzene rings is 2. The molecule has 3 rings (SSSR count). The van der Waals surface area contributed by atoms with Crippen molar-refractivity contribution in [3.05, 3.63) is 60.0 Å². The van der Waals surface area contributed by atoms with Crippen LogP contribution in [0.2, 0.25) is 0 Å². The largest absolute Gasteiger partial charge is 0.492 e. The lowest BCUT2D eigenvalue weighted by Gasteiger charge is -2.10. The van der Waals surface area contributed by atoms with Crippen molar-refractivity contribution in [3.8, 4) is 17.2 Å². The quantitative estimate of drug-likeness (QED) is 0.744. The average Bonchev–Trinajstić information content (AvgIpc) is 3.04. The maximum Gasteiger partial charge on any atom is 0.247 e. The van der Waals surface area contributed by atoms with Crippen LogP contribution in [0, 0.1) is 6.92 Å². The summed E-state index contributed by atoms with van der Waals surface area (Å²) in [4.78, 5) is 0. The first-order valence-electron chi connectivity index (χ1n) is 7.61. The van der Waals surface area contributed by atoms with E-state index in [9.17, 15) is 0 Å². The molecule has 5 nitrogen and oxygen atoms in total. The maximum absolute atomic E-state index is 5.71. The fourth-order valence-electron chi connectivity index (χ4n) is 2.20. The molecule has 3 aromatic rings. The number of anilines is 1. The van der Waals surface area contributed by atoms with Gasteiger partial charge in [-0.2, -0.15) is 0 Å². The molecule has 0 unspecified atom stereocenters. The Hall–Kier alpha value is -2.82. The Morgan fingerprint density at radius 3 is 2.61 bits per heavy atom. The lowest BCUT2D eigenvalue weighted by molar-refractivity contribution is 0.341. The number of aryl methyl sites for hydroxylation is 1. The van der Waals surface area contributed by atoms with E-state index in [2.05, 4.69) is 15.5 Å². The summed E-state index contributed by atoms with van der Waals surface area (Å²) in [7, 11) is 0. The van der Waals surface area contributed by atoms with E-state index in [-0.39, 0.29) is 0 Å². The van der Waals surface area contributed by atoms with Crippen molar-refractivity contribution < 1.29 is 9.15 Å². The second-order valence-corrected chi connectivity index (χ2v) is 5.15. The maximum atomic E-state index is 5.71. The summed E-state index contributed by atoms with van der Waals surface area (Å²) >= 11 is 0. The molecule has 0 radical (unpaired) electrons.